The highest BCUT2D eigenvalue weighted by Crippen LogP contribution is 2.27. The van der Waals surface area contributed by atoms with Crippen molar-refractivity contribution >= 4 is 0 Å². The topological polar surface area (TPSA) is 77.4 Å². The van der Waals surface area contributed by atoms with Crippen LogP contribution in [0.5, 0.6) is 0 Å². The van der Waals surface area contributed by atoms with Gasteiger partial charge in [-0.3, -0.25) is 0 Å². The molecule has 0 rings (SSSR count). The number of aliphatic hydroxyl groups excluding tert-OH is 1. The molecule has 6 nitrogen and oxygen atoms in total. The van der Waals surface area contributed by atoms with Crippen molar-refractivity contribution in [2.24, 2.45) is 10.6 Å². The van der Waals surface area contributed by atoms with E-state index >= 15 is 0 Å². The third kappa shape index (κ3) is 7.57. The minimum atomic E-state index is -0.785. The van der Waals surface area contributed by atoms with E-state index in [-0.39, 0.29) is 13.2 Å². The van der Waals surface area contributed by atoms with Gasteiger partial charge in [-0.2, -0.15) is 4.91 Å². The second kappa shape index (κ2) is 9.85. The van der Waals surface area contributed by atoms with Gasteiger partial charge in [0.25, 0.3) is 0 Å². The Morgan fingerprint density at radius 1 is 1.30 bits per heavy atom. The predicted molar refractivity (Wildman–Crippen MR) is 77.2 cm³/mol. The van der Waals surface area contributed by atoms with Crippen molar-refractivity contribution in [3.05, 3.63) is 17.7 Å². The summed E-state index contributed by atoms with van der Waals surface area (Å²) in [6.45, 7) is 10.3. The largest absolute Gasteiger partial charge is 0.501 e. The molecule has 0 aliphatic rings. The lowest BCUT2D eigenvalue weighted by atomic mass is 9.87. The monoisotopic (exact) mass is 289 g/mol. The van der Waals surface area contributed by atoms with E-state index < -0.39 is 11.2 Å². The summed E-state index contributed by atoms with van der Waals surface area (Å²) in [4.78, 5) is 10.6. The molecule has 0 fully saturated rings. The van der Waals surface area contributed by atoms with Gasteiger partial charge in [0.1, 0.15) is 0 Å². The first-order valence-electron chi connectivity index (χ1n) is 6.85. The Labute approximate surface area is 121 Å². The van der Waals surface area contributed by atoms with Gasteiger partial charge in [0.2, 0.25) is 0 Å². The fourth-order valence-corrected chi connectivity index (χ4v) is 1.57. The quantitative estimate of drug-likeness (QED) is 0.244. The molecule has 0 aliphatic carbocycles. The number of ether oxygens (including phenoxy) is 3. The Morgan fingerprint density at radius 2 is 2.00 bits per heavy atom. The SMILES string of the molecule is C=COCC(CC)(CN=O)COC(C)(C)OCCCO. The molecular formula is C14H27NO5. The molecule has 1 atom stereocenters. The molecule has 0 aromatic carbocycles. The van der Waals surface area contributed by atoms with Gasteiger partial charge in [-0.25, -0.2) is 0 Å². The van der Waals surface area contributed by atoms with Crippen LogP contribution in [0.2, 0.25) is 0 Å². The first kappa shape index (κ1) is 19.0. The van der Waals surface area contributed by atoms with E-state index in [1.165, 1.54) is 6.26 Å². The Kier molecular flexibility index (Phi) is 9.37. The van der Waals surface area contributed by atoms with Crippen molar-refractivity contribution in [1.82, 2.24) is 0 Å². The second-order valence-electron chi connectivity index (χ2n) is 5.23. The Balaban J connectivity index is 4.48. The van der Waals surface area contributed by atoms with E-state index in [9.17, 15) is 4.91 Å². The van der Waals surface area contributed by atoms with Crippen molar-refractivity contribution < 1.29 is 19.3 Å². The summed E-state index contributed by atoms with van der Waals surface area (Å²) in [5, 5.41) is 11.7. The molecule has 6 heteroatoms. The summed E-state index contributed by atoms with van der Waals surface area (Å²) < 4.78 is 16.5. The molecule has 0 aliphatic heterocycles. The molecule has 0 amide bonds. The van der Waals surface area contributed by atoms with E-state index in [0.717, 1.165) is 0 Å². The van der Waals surface area contributed by atoms with E-state index in [1.54, 1.807) is 13.8 Å². The van der Waals surface area contributed by atoms with Crippen LogP contribution in [-0.2, 0) is 14.2 Å². The van der Waals surface area contributed by atoms with Crippen LogP contribution in [0.1, 0.15) is 33.6 Å². The highest BCUT2D eigenvalue weighted by atomic mass is 16.7. The second-order valence-corrected chi connectivity index (χ2v) is 5.23. The lowest BCUT2D eigenvalue weighted by Crippen LogP contribution is -2.40. The number of nitroso groups, excluding NO2 is 1. The predicted octanol–water partition coefficient (Wildman–Crippen LogP) is 2.46. The van der Waals surface area contributed by atoms with Crippen LogP contribution in [0, 0.1) is 10.3 Å². The Morgan fingerprint density at radius 3 is 2.50 bits per heavy atom. The van der Waals surface area contributed by atoms with Crippen molar-refractivity contribution in [3.8, 4) is 0 Å². The maximum Gasteiger partial charge on any atom is 0.162 e. The number of hydrogen-bond acceptors (Lipinski definition) is 6. The molecule has 20 heavy (non-hydrogen) atoms. The first-order valence-corrected chi connectivity index (χ1v) is 6.85. The van der Waals surface area contributed by atoms with Crippen LogP contribution in [0.25, 0.3) is 0 Å². The zero-order chi connectivity index (χ0) is 15.5. The molecule has 0 spiro atoms. The van der Waals surface area contributed by atoms with Crippen molar-refractivity contribution in [3.63, 3.8) is 0 Å². The molecule has 1 N–H and O–H groups in total. The molecule has 118 valence electrons. The highest BCUT2D eigenvalue weighted by molar-refractivity contribution is 4.81. The fraction of sp³-hybridized carbons (Fsp3) is 0.857. The zero-order valence-electron chi connectivity index (χ0n) is 12.8. The summed E-state index contributed by atoms with van der Waals surface area (Å²) in [6, 6.07) is 0. The molecule has 0 saturated heterocycles. The van der Waals surface area contributed by atoms with E-state index in [2.05, 4.69) is 11.8 Å². The smallest absolute Gasteiger partial charge is 0.162 e. The third-order valence-electron chi connectivity index (χ3n) is 3.14. The van der Waals surface area contributed by atoms with Crippen LogP contribution in [0.4, 0.5) is 0 Å². The first-order chi connectivity index (χ1) is 9.45. The summed E-state index contributed by atoms with van der Waals surface area (Å²) in [5.74, 6) is -0.785. The lowest BCUT2D eigenvalue weighted by Gasteiger charge is -2.34. The third-order valence-corrected chi connectivity index (χ3v) is 3.14. The Hall–Kier alpha value is -0.980. The standard InChI is InChI=1S/C14H27NO5/c1-5-14(10-15-17,11-18-6-2)12-20-13(3,4)19-9-7-8-16/h6,16H,2,5,7-12H2,1,3-4H3. The van der Waals surface area contributed by atoms with Gasteiger partial charge in [0.05, 0.1) is 38.0 Å². The highest BCUT2D eigenvalue weighted by Gasteiger charge is 2.33. The average molecular weight is 289 g/mol. The van der Waals surface area contributed by atoms with Gasteiger partial charge < -0.3 is 19.3 Å². The normalized spacial score (nSPS) is 14.6. The van der Waals surface area contributed by atoms with Crippen molar-refractivity contribution in [1.29, 1.82) is 0 Å². The van der Waals surface area contributed by atoms with Crippen molar-refractivity contribution in [2.45, 2.75) is 39.4 Å². The van der Waals surface area contributed by atoms with Gasteiger partial charge >= 0.3 is 0 Å². The van der Waals surface area contributed by atoms with Crippen molar-refractivity contribution in [2.75, 3.05) is 33.0 Å². The van der Waals surface area contributed by atoms with Crippen LogP contribution in [0.3, 0.4) is 0 Å². The molecule has 0 heterocycles. The van der Waals surface area contributed by atoms with Crippen LogP contribution < -0.4 is 0 Å². The molecule has 1 unspecified atom stereocenters. The van der Waals surface area contributed by atoms with Gasteiger partial charge in [-0.1, -0.05) is 18.7 Å². The molecule has 0 saturated carbocycles. The van der Waals surface area contributed by atoms with Crippen LogP contribution in [0.15, 0.2) is 18.0 Å². The van der Waals surface area contributed by atoms with Gasteiger partial charge in [-0.05, 0) is 26.7 Å². The Bertz CT molecular complexity index is 283. The molecule has 0 aromatic rings. The van der Waals surface area contributed by atoms with E-state index in [0.29, 0.717) is 32.7 Å². The lowest BCUT2D eigenvalue weighted by molar-refractivity contribution is -0.230. The van der Waals surface area contributed by atoms with E-state index in [1.807, 2.05) is 6.92 Å². The summed E-state index contributed by atoms with van der Waals surface area (Å²) in [5.41, 5.74) is -0.479. The fourth-order valence-electron chi connectivity index (χ4n) is 1.57. The molecule has 0 aromatic heterocycles. The maximum absolute atomic E-state index is 10.6. The van der Waals surface area contributed by atoms with E-state index in [4.69, 9.17) is 19.3 Å². The molecular weight excluding hydrogens is 262 g/mol. The summed E-state index contributed by atoms with van der Waals surface area (Å²) >= 11 is 0. The summed E-state index contributed by atoms with van der Waals surface area (Å²) in [7, 11) is 0. The molecule has 0 bridgehead atoms. The minimum Gasteiger partial charge on any atom is -0.501 e. The number of nitrogens with zero attached hydrogens (tertiary/aromatic N) is 1. The van der Waals surface area contributed by atoms with Gasteiger partial charge in [0, 0.05) is 6.61 Å². The summed E-state index contributed by atoms with van der Waals surface area (Å²) in [6.07, 6.45) is 2.60. The number of aliphatic hydroxyl groups is 1. The zero-order valence-corrected chi connectivity index (χ0v) is 12.8. The average Bonchev–Trinajstić information content (AvgIpc) is 2.42. The maximum atomic E-state index is 10.6. The number of hydrogen-bond donors (Lipinski definition) is 1. The van der Waals surface area contributed by atoms with Crippen LogP contribution >= 0.6 is 0 Å². The minimum absolute atomic E-state index is 0.0806. The molecule has 0 radical (unpaired) electrons. The van der Waals surface area contributed by atoms with Crippen LogP contribution in [-0.4, -0.2) is 43.9 Å². The van der Waals surface area contributed by atoms with Gasteiger partial charge in [-0.15, -0.1) is 0 Å². The number of rotatable bonds is 13. The van der Waals surface area contributed by atoms with Gasteiger partial charge in [0.15, 0.2) is 5.79 Å².